The molecule has 4 heterocycles. The highest BCUT2D eigenvalue weighted by atomic mass is 15.6. The number of hydrazine groups is 1. The molecule has 6 nitrogen and oxygen atoms in total. The number of H-pyrrole nitrogens is 1. The van der Waals surface area contributed by atoms with Crippen LogP contribution in [0, 0.1) is 13.8 Å². The highest BCUT2D eigenvalue weighted by molar-refractivity contribution is 5.92. The molecule has 1 fully saturated rings. The molecule has 2 aliphatic rings. The number of aromatic amines is 1. The zero-order valence-electron chi connectivity index (χ0n) is 20.6. The summed E-state index contributed by atoms with van der Waals surface area (Å²) in [5.41, 5.74) is 12.1. The number of aliphatic imine (C=N–C) groups is 1. The Hall–Kier alpha value is -2.70. The van der Waals surface area contributed by atoms with E-state index in [9.17, 15) is 0 Å². The summed E-state index contributed by atoms with van der Waals surface area (Å²) < 4.78 is 0. The van der Waals surface area contributed by atoms with Gasteiger partial charge in [0.15, 0.2) is 0 Å². The molecule has 1 aromatic carbocycles. The van der Waals surface area contributed by atoms with Gasteiger partial charge in [-0.25, -0.2) is 5.01 Å². The van der Waals surface area contributed by atoms with Crippen LogP contribution in [0.4, 0.5) is 0 Å². The van der Waals surface area contributed by atoms with E-state index in [4.69, 9.17) is 0 Å². The number of pyridine rings is 1. The first-order valence-electron chi connectivity index (χ1n) is 12.2. The predicted molar refractivity (Wildman–Crippen MR) is 137 cm³/mol. The Morgan fingerprint density at radius 3 is 2.42 bits per heavy atom. The van der Waals surface area contributed by atoms with E-state index < -0.39 is 0 Å². The fourth-order valence-corrected chi connectivity index (χ4v) is 5.49. The van der Waals surface area contributed by atoms with Crippen molar-refractivity contribution in [3.63, 3.8) is 0 Å². The summed E-state index contributed by atoms with van der Waals surface area (Å²) in [6.07, 6.45) is 2.40. The number of nitrogens with zero attached hydrogens (tertiary/aromatic N) is 4. The summed E-state index contributed by atoms with van der Waals surface area (Å²) in [6, 6.07) is 11.5. The summed E-state index contributed by atoms with van der Waals surface area (Å²) in [5, 5.41) is 3.41. The molecule has 174 valence electrons. The van der Waals surface area contributed by atoms with Crippen LogP contribution in [0.1, 0.15) is 61.0 Å². The Labute approximate surface area is 197 Å². The van der Waals surface area contributed by atoms with Gasteiger partial charge in [0.05, 0.1) is 12.2 Å². The monoisotopic (exact) mass is 444 g/mol. The van der Waals surface area contributed by atoms with Crippen LogP contribution >= 0.6 is 0 Å². The molecule has 5 rings (SSSR count). The van der Waals surface area contributed by atoms with Gasteiger partial charge in [-0.2, -0.15) is 0 Å². The summed E-state index contributed by atoms with van der Waals surface area (Å²) in [7, 11) is 2.04. The maximum Gasteiger partial charge on any atom is 0.127 e. The van der Waals surface area contributed by atoms with Crippen LogP contribution < -0.4 is 5.43 Å². The van der Waals surface area contributed by atoms with Crippen LogP contribution in [0.25, 0.3) is 22.2 Å². The van der Waals surface area contributed by atoms with E-state index >= 15 is 0 Å². The van der Waals surface area contributed by atoms with E-state index in [1.165, 1.54) is 46.1 Å². The van der Waals surface area contributed by atoms with Crippen molar-refractivity contribution in [3.8, 4) is 11.3 Å². The molecule has 1 saturated heterocycles. The first kappa shape index (κ1) is 22.1. The van der Waals surface area contributed by atoms with Gasteiger partial charge in [-0.1, -0.05) is 19.9 Å². The van der Waals surface area contributed by atoms with Crippen molar-refractivity contribution in [3.05, 3.63) is 52.8 Å². The van der Waals surface area contributed by atoms with E-state index in [1.54, 1.807) is 0 Å². The molecule has 0 unspecified atom stereocenters. The SMILES string of the molecule is Cc1cc(-c2[nH]c3ccc(C4CCN(CC5=NCN(C)N5)CC4)cc3c2C(C)C)cc(C)n1. The summed E-state index contributed by atoms with van der Waals surface area (Å²) >= 11 is 0. The van der Waals surface area contributed by atoms with Gasteiger partial charge in [0.2, 0.25) is 0 Å². The third kappa shape index (κ3) is 4.55. The quantitative estimate of drug-likeness (QED) is 0.584. The summed E-state index contributed by atoms with van der Waals surface area (Å²) in [4.78, 5) is 15.4. The fraction of sp³-hybridized carbons (Fsp3) is 0.481. The molecular formula is C27H36N6. The Morgan fingerprint density at radius 1 is 1.06 bits per heavy atom. The summed E-state index contributed by atoms with van der Waals surface area (Å²) in [6.45, 7) is 12.7. The lowest BCUT2D eigenvalue weighted by molar-refractivity contribution is 0.234. The largest absolute Gasteiger partial charge is 0.354 e. The van der Waals surface area contributed by atoms with Gasteiger partial charge in [0.1, 0.15) is 12.5 Å². The van der Waals surface area contributed by atoms with Crippen LogP contribution in [-0.2, 0) is 0 Å². The minimum atomic E-state index is 0.442. The van der Waals surface area contributed by atoms with Crippen LogP contribution in [0.3, 0.4) is 0 Å². The molecule has 2 aromatic heterocycles. The van der Waals surface area contributed by atoms with Crippen LogP contribution in [0.15, 0.2) is 35.3 Å². The number of benzene rings is 1. The minimum Gasteiger partial charge on any atom is -0.354 e. The third-order valence-electron chi connectivity index (χ3n) is 7.04. The van der Waals surface area contributed by atoms with Crippen LogP contribution in [0.5, 0.6) is 0 Å². The van der Waals surface area contributed by atoms with Crippen molar-refractivity contribution in [2.24, 2.45) is 4.99 Å². The second-order valence-corrected chi connectivity index (χ2v) is 10.1. The number of nitrogens with one attached hydrogen (secondary N) is 2. The maximum absolute atomic E-state index is 4.57. The molecule has 33 heavy (non-hydrogen) atoms. The molecule has 6 heteroatoms. The predicted octanol–water partition coefficient (Wildman–Crippen LogP) is 4.96. The smallest absolute Gasteiger partial charge is 0.127 e. The Balaban J connectivity index is 1.39. The second kappa shape index (κ2) is 8.92. The molecule has 0 saturated carbocycles. The van der Waals surface area contributed by atoms with E-state index in [0.717, 1.165) is 43.5 Å². The number of piperidine rings is 1. The maximum atomic E-state index is 4.57. The number of rotatable bonds is 5. The zero-order valence-corrected chi connectivity index (χ0v) is 20.6. The van der Waals surface area contributed by atoms with Crippen molar-refractivity contribution in [1.82, 2.24) is 25.3 Å². The van der Waals surface area contributed by atoms with Gasteiger partial charge >= 0.3 is 0 Å². The van der Waals surface area contributed by atoms with Gasteiger partial charge in [-0.3, -0.25) is 14.9 Å². The normalized spacial score (nSPS) is 18.3. The topological polar surface area (TPSA) is 59.6 Å². The lowest BCUT2D eigenvalue weighted by Gasteiger charge is -2.32. The molecule has 0 atom stereocenters. The highest BCUT2D eigenvalue weighted by Gasteiger charge is 2.24. The van der Waals surface area contributed by atoms with E-state index in [0.29, 0.717) is 11.8 Å². The van der Waals surface area contributed by atoms with Crippen molar-refractivity contribution in [2.45, 2.75) is 52.4 Å². The first-order chi connectivity index (χ1) is 15.9. The number of aromatic nitrogens is 2. The number of aryl methyl sites for hydroxylation is 2. The average Bonchev–Trinajstić information content (AvgIpc) is 3.36. The molecule has 0 spiro atoms. The Kier molecular flexibility index (Phi) is 5.97. The van der Waals surface area contributed by atoms with Crippen molar-refractivity contribution in [1.29, 1.82) is 0 Å². The standard InChI is InChI=1S/C27H36N6/c1-17(2)26-23-14-21(20-8-10-33(11-9-20)15-25-28-16-32(5)31-25)6-7-24(23)30-27(26)22-12-18(3)29-19(4)13-22/h6-7,12-14,17,20,30H,8-11,15-16H2,1-5H3,(H,28,31). The molecule has 0 aliphatic carbocycles. The van der Waals surface area contributed by atoms with E-state index in [1.807, 2.05) is 12.1 Å². The van der Waals surface area contributed by atoms with Crippen molar-refractivity contribution < 1.29 is 0 Å². The number of amidine groups is 1. The Bertz CT molecular complexity index is 1160. The van der Waals surface area contributed by atoms with Gasteiger partial charge in [-0.15, -0.1) is 0 Å². The minimum absolute atomic E-state index is 0.442. The first-order valence-corrected chi connectivity index (χ1v) is 12.2. The van der Waals surface area contributed by atoms with Gasteiger partial charge in [0, 0.05) is 34.9 Å². The highest BCUT2D eigenvalue weighted by Crippen LogP contribution is 2.38. The lowest BCUT2D eigenvalue weighted by Crippen LogP contribution is -2.42. The molecule has 0 radical (unpaired) electrons. The van der Waals surface area contributed by atoms with Crippen molar-refractivity contribution in [2.75, 3.05) is 33.4 Å². The van der Waals surface area contributed by atoms with Crippen LogP contribution in [-0.4, -0.2) is 59.1 Å². The molecular weight excluding hydrogens is 408 g/mol. The molecule has 3 aromatic rings. The van der Waals surface area contributed by atoms with E-state index in [-0.39, 0.29) is 0 Å². The molecule has 0 bridgehead atoms. The van der Waals surface area contributed by atoms with Crippen LogP contribution in [0.2, 0.25) is 0 Å². The number of fused-ring (bicyclic) bond motifs is 1. The number of likely N-dealkylation sites (tertiary alicyclic amines) is 1. The molecule has 0 amide bonds. The fourth-order valence-electron chi connectivity index (χ4n) is 5.49. The Morgan fingerprint density at radius 2 is 1.79 bits per heavy atom. The number of hydrogen-bond acceptors (Lipinski definition) is 5. The average molecular weight is 445 g/mol. The zero-order chi connectivity index (χ0) is 23.1. The second-order valence-electron chi connectivity index (χ2n) is 10.1. The molecule has 2 N–H and O–H groups in total. The van der Waals surface area contributed by atoms with Crippen molar-refractivity contribution >= 4 is 16.7 Å². The van der Waals surface area contributed by atoms with Gasteiger partial charge in [0.25, 0.3) is 0 Å². The van der Waals surface area contributed by atoms with Gasteiger partial charge < -0.3 is 10.4 Å². The molecule has 2 aliphatic heterocycles. The number of hydrogen-bond donors (Lipinski definition) is 2. The summed E-state index contributed by atoms with van der Waals surface area (Å²) in [5.74, 6) is 2.16. The van der Waals surface area contributed by atoms with Gasteiger partial charge in [-0.05, 0) is 87.0 Å². The van der Waals surface area contributed by atoms with E-state index in [2.05, 4.69) is 83.3 Å². The third-order valence-corrected chi connectivity index (χ3v) is 7.04. The lowest BCUT2D eigenvalue weighted by atomic mass is 9.87.